The number of aromatic nitrogens is 2. The smallest absolute Gasteiger partial charge is 0.283 e. The summed E-state index contributed by atoms with van der Waals surface area (Å²) in [4.78, 5) is 11.4. The fraction of sp³-hybridized carbons (Fsp3) is 0.0909. The lowest BCUT2D eigenvalue weighted by atomic mass is 10.3. The summed E-state index contributed by atoms with van der Waals surface area (Å²) in [5, 5.41) is 4.46. The van der Waals surface area contributed by atoms with E-state index in [0.29, 0.717) is 16.5 Å². The lowest BCUT2D eigenvalue weighted by Gasteiger charge is -2.09. The van der Waals surface area contributed by atoms with Gasteiger partial charge in [-0.1, -0.05) is 23.7 Å². The molecular formula is C11H11ClN4O2. The molecule has 0 spiro atoms. The van der Waals surface area contributed by atoms with Gasteiger partial charge in [0.15, 0.2) is 6.73 Å². The van der Waals surface area contributed by atoms with Crippen LogP contribution in [0.4, 0.5) is 0 Å². The van der Waals surface area contributed by atoms with E-state index in [9.17, 15) is 4.79 Å². The first-order valence-corrected chi connectivity index (χ1v) is 5.50. The average Bonchev–Trinajstić information content (AvgIpc) is 2.85. The number of nitrogens with one attached hydrogen (secondary N) is 1. The molecule has 1 heterocycles. The van der Waals surface area contributed by atoms with Crippen molar-refractivity contribution in [3.63, 3.8) is 0 Å². The van der Waals surface area contributed by atoms with Crippen molar-refractivity contribution in [2.45, 2.75) is 6.73 Å². The number of para-hydroxylation sites is 1. The molecular weight excluding hydrogens is 256 g/mol. The van der Waals surface area contributed by atoms with Crippen LogP contribution in [0.15, 0.2) is 36.5 Å². The molecule has 0 saturated heterocycles. The Hall–Kier alpha value is -2.05. The van der Waals surface area contributed by atoms with E-state index in [1.807, 2.05) is 5.43 Å². The first-order valence-electron chi connectivity index (χ1n) is 5.12. The topological polar surface area (TPSA) is 82.2 Å². The van der Waals surface area contributed by atoms with Crippen molar-refractivity contribution in [2.75, 3.05) is 0 Å². The number of carbonyl (C=O) groups excluding carboxylic acids is 1. The summed E-state index contributed by atoms with van der Waals surface area (Å²) in [6.07, 6.45) is 1.49. The van der Waals surface area contributed by atoms with Crippen molar-refractivity contribution in [3.8, 4) is 5.75 Å². The third-order valence-corrected chi connectivity index (χ3v) is 2.57. The average molecular weight is 267 g/mol. The van der Waals surface area contributed by atoms with Crippen LogP contribution in [0.3, 0.4) is 0 Å². The van der Waals surface area contributed by atoms with Crippen LogP contribution >= 0.6 is 11.6 Å². The molecule has 0 fully saturated rings. The number of nitrogen functional groups attached to an aromatic ring is 1. The number of hydrogen-bond donors (Lipinski definition) is 2. The van der Waals surface area contributed by atoms with Crippen molar-refractivity contribution in [2.24, 2.45) is 5.84 Å². The maximum Gasteiger partial charge on any atom is 0.283 e. The van der Waals surface area contributed by atoms with Crippen LogP contribution in [0.1, 0.15) is 10.5 Å². The Morgan fingerprint density at radius 2 is 2.22 bits per heavy atom. The van der Waals surface area contributed by atoms with E-state index >= 15 is 0 Å². The number of ether oxygens (including phenoxy) is 1. The van der Waals surface area contributed by atoms with Gasteiger partial charge in [0, 0.05) is 6.20 Å². The molecule has 3 N–H and O–H groups in total. The molecule has 0 unspecified atom stereocenters. The molecule has 2 aromatic rings. The zero-order valence-corrected chi connectivity index (χ0v) is 10.1. The molecule has 1 amide bonds. The maximum absolute atomic E-state index is 11.4. The Labute approximate surface area is 108 Å². The molecule has 6 nitrogen and oxygen atoms in total. The number of halogens is 1. The zero-order valence-electron chi connectivity index (χ0n) is 9.34. The molecule has 0 aliphatic heterocycles. The largest absolute Gasteiger partial charge is 0.470 e. The monoisotopic (exact) mass is 266 g/mol. The van der Waals surface area contributed by atoms with Gasteiger partial charge in [-0.25, -0.2) is 10.5 Å². The minimum absolute atomic E-state index is 0.0689. The molecule has 0 saturated carbocycles. The fourth-order valence-corrected chi connectivity index (χ4v) is 1.59. The van der Waals surface area contributed by atoms with Crippen LogP contribution in [0, 0.1) is 0 Å². The van der Waals surface area contributed by atoms with Gasteiger partial charge in [0.25, 0.3) is 5.91 Å². The Bertz CT molecular complexity index is 555. The van der Waals surface area contributed by atoms with Gasteiger partial charge in [-0.15, -0.1) is 0 Å². The van der Waals surface area contributed by atoms with Gasteiger partial charge in [-0.3, -0.25) is 10.2 Å². The Balaban J connectivity index is 2.09. The molecule has 94 valence electrons. The third kappa shape index (κ3) is 2.61. The molecule has 0 bridgehead atoms. The summed E-state index contributed by atoms with van der Waals surface area (Å²) >= 11 is 5.94. The lowest BCUT2D eigenvalue weighted by Crippen LogP contribution is -2.32. The van der Waals surface area contributed by atoms with Crippen molar-refractivity contribution in [1.82, 2.24) is 15.2 Å². The third-order valence-electron chi connectivity index (χ3n) is 2.26. The Kier molecular flexibility index (Phi) is 3.81. The van der Waals surface area contributed by atoms with Gasteiger partial charge >= 0.3 is 0 Å². The molecule has 18 heavy (non-hydrogen) atoms. The number of rotatable bonds is 4. The number of benzene rings is 1. The van der Waals surface area contributed by atoms with Crippen molar-refractivity contribution in [1.29, 1.82) is 0 Å². The van der Waals surface area contributed by atoms with Crippen LogP contribution in [0.2, 0.25) is 5.02 Å². The molecule has 0 aliphatic carbocycles. The maximum atomic E-state index is 11.4. The molecule has 0 atom stereocenters. The van der Waals surface area contributed by atoms with E-state index in [1.54, 1.807) is 24.3 Å². The second-order valence-corrected chi connectivity index (χ2v) is 3.80. The lowest BCUT2D eigenvalue weighted by molar-refractivity contribution is 0.0932. The first-order chi connectivity index (χ1) is 8.72. The number of nitrogens with two attached hydrogens (primary N) is 1. The summed E-state index contributed by atoms with van der Waals surface area (Å²) in [5.74, 6) is 5.15. The van der Waals surface area contributed by atoms with Crippen LogP contribution in [-0.4, -0.2) is 15.7 Å². The quantitative estimate of drug-likeness (QED) is 0.495. The molecule has 0 aliphatic rings. The predicted molar refractivity (Wildman–Crippen MR) is 66.0 cm³/mol. The summed E-state index contributed by atoms with van der Waals surface area (Å²) in [5.41, 5.74) is 2.35. The van der Waals surface area contributed by atoms with Gasteiger partial charge in [0.1, 0.15) is 11.4 Å². The molecule has 1 aromatic carbocycles. The Morgan fingerprint density at radius 1 is 1.44 bits per heavy atom. The van der Waals surface area contributed by atoms with E-state index in [1.165, 1.54) is 16.9 Å². The van der Waals surface area contributed by atoms with Crippen LogP contribution in [0.25, 0.3) is 0 Å². The van der Waals surface area contributed by atoms with Crippen LogP contribution < -0.4 is 16.0 Å². The number of hydrazine groups is 1. The van der Waals surface area contributed by atoms with E-state index < -0.39 is 5.91 Å². The summed E-state index contributed by atoms with van der Waals surface area (Å²) in [7, 11) is 0. The van der Waals surface area contributed by atoms with Gasteiger partial charge in [0.2, 0.25) is 0 Å². The highest BCUT2D eigenvalue weighted by molar-refractivity contribution is 6.32. The fourth-order valence-electron chi connectivity index (χ4n) is 1.39. The van der Waals surface area contributed by atoms with Crippen LogP contribution in [0.5, 0.6) is 5.75 Å². The van der Waals surface area contributed by atoms with E-state index in [2.05, 4.69) is 5.10 Å². The van der Waals surface area contributed by atoms with Gasteiger partial charge in [-0.2, -0.15) is 5.10 Å². The van der Waals surface area contributed by atoms with E-state index in [0.717, 1.165) is 0 Å². The Morgan fingerprint density at radius 3 is 2.94 bits per heavy atom. The minimum atomic E-state index is -0.435. The summed E-state index contributed by atoms with van der Waals surface area (Å²) in [6.45, 7) is 0.0689. The van der Waals surface area contributed by atoms with Gasteiger partial charge in [0.05, 0.1) is 5.02 Å². The summed E-state index contributed by atoms with van der Waals surface area (Å²) < 4.78 is 6.84. The minimum Gasteiger partial charge on any atom is -0.470 e. The van der Waals surface area contributed by atoms with E-state index in [4.69, 9.17) is 22.2 Å². The van der Waals surface area contributed by atoms with Gasteiger partial charge in [-0.05, 0) is 18.2 Å². The number of amides is 1. The number of hydrogen-bond acceptors (Lipinski definition) is 4. The SMILES string of the molecule is NNC(=O)c1ccnn1COc1ccccc1Cl. The molecule has 7 heteroatoms. The number of carbonyl (C=O) groups is 1. The van der Waals surface area contributed by atoms with Crippen molar-refractivity contribution in [3.05, 3.63) is 47.2 Å². The van der Waals surface area contributed by atoms with Crippen LogP contribution in [-0.2, 0) is 6.73 Å². The van der Waals surface area contributed by atoms with Crippen molar-refractivity contribution >= 4 is 17.5 Å². The standard InChI is InChI=1S/C11H11ClN4O2/c12-8-3-1-2-4-10(8)18-7-16-9(5-6-14-16)11(17)15-13/h1-6H,7,13H2,(H,15,17). The van der Waals surface area contributed by atoms with E-state index in [-0.39, 0.29) is 6.73 Å². The van der Waals surface area contributed by atoms with Gasteiger partial charge < -0.3 is 4.74 Å². The second kappa shape index (κ2) is 5.52. The zero-order chi connectivity index (χ0) is 13.0. The molecule has 0 radical (unpaired) electrons. The molecule has 1 aromatic heterocycles. The predicted octanol–water partition coefficient (Wildman–Crippen LogP) is 1.18. The highest BCUT2D eigenvalue weighted by Crippen LogP contribution is 2.23. The normalized spacial score (nSPS) is 10.1. The van der Waals surface area contributed by atoms with Crippen molar-refractivity contribution < 1.29 is 9.53 Å². The summed E-state index contributed by atoms with van der Waals surface area (Å²) in [6, 6.07) is 8.59. The highest BCUT2D eigenvalue weighted by atomic mass is 35.5. The number of nitrogens with zero attached hydrogens (tertiary/aromatic N) is 2. The molecule has 2 rings (SSSR count). The first kappa shape index (κ1) is 12.4. The second-order valence-electron chi connectivity index (χ2n) is 3.39. The highest BCUT2D eigenvalue weighted by Gasteiger charge is 2.11.